The lowest BCUT2D eigenvalue weighted by Crippen LogP contribution is -1.71. The standard InChI is InChI=1S/C8H9.2BrH.Mg/c1-7-3-5-8(2)6-4-7;;;/h3-5H,1-2H3;2*1H;/q;;;+2/p-2. The van der Waals surface area contributed by atoms with Crippen molar-refractivity contribution >= 4 is 41.8 Å². The van der Waals surface area contributed by atoms with Gasteiger partial charge in [0.15, 0.2) is 0 Å². The lowest BCUT2D eigenvalue weighted by molar-refractivity contribution is 1.39. The van der Waals surface area contributed by atoms with Crippen LogP contribution in [0.2, 0.25) is 0 Å². The van der Waals surface area contributed by atoms with E-state index in [-0.39, 0.29) is 16.0 Å². The van der Waals surface area contributed by atoms with Gasteiger partial charge in [-0.15, -0.1) is 0 Å². The zero-order chi connectivity index (χ0) is 8.69. The molecule has 1 rings (SSSR count). The molecule has 0 amide bonds. The van der Waals surface area contributed by atoms with Crippen LogP contribution in [-0.2, 0) is 0 Å². The first-order chi connectivity index (χ1) is 5.20. The maximum Gasteiger partial charge on any atom is 0.560 e. The Morgan fingerprint density at radius 2 is 1.82 bits per heavy atom. The molecule has 0 heterocycles. The SMILES string of the molecule is Cc1[c]cc(C)cc1.[Br][Mg][Br]. The van der Waals surface area contributed by atoms with Crippen molar-refractivity contribution in [3.8, 4) is 0 Å². The topological polar surface area (TPSA) is 0 Å². The van der Waals surface area contributed by atoms with Crippen molar-refractivity contribution in [3.63, 3.8) is 0 Å². The first-order valence-corrected chi connectivity index (χ1v) is 11.1. The molecule has 0 spiro atoms. The fraction of sp³-hybridized carbons (Fsp3) is 0.250. The van der Waals surface area contributed by atoms with E-state index in [1.807, 2.05) is 13.0 Å². The molecule has 0 aliphatic heterocycles. The van der Waals surface area contributed by atoms with Crippen LogP contribution in [-0.4, -0.2) is 16.0 Å². The highest BCUT2D eigenvalue weighted by molar-refractivity contribution is 9.47. The largest absolute Gasteiger partial charge is 0.560 e. The fourth-order valence-electron chi connectivity index (χ4n) is 0.580. The highest BCUT2D eigenvalue weighted by atomic mass is 79.9. The summed E-state index contributed by atoms with van der Waals surface area (Å²) in [5, 5.41) is 0. The maximum absolute atomic E-state index is 3.20. The molecular weight excluding hydrogens is 280 g/mol. The van der Waals surface area contributed by atoms with E-state index >= 15 is 0 Å². The third-order valence-corrected chi connectivity index (χ3v) is 1.12. The molecule has 0 aliphatic rings. The Kier molecular flexibility index (Phi) is 8.24. The average Bonchev–Trinajstić information content (AvgIpc) is 1.97. The second-order valence-corrected chi connectivity index (χ2v) is 10.2. The second-order valence-electron chi connectivity index (χ2n) is 2.15. The van der Waals surface area contributed by atoms with Gasteiger partial charge in [0.1, 0.15) is 0 Å². The van der Waals surface area contributed by atoms with E-state index in [2.05, 4.69) is 50.9 Å². The predicted octanol–water partition coefficient (Wildman–Crippen LogP) is 3.41. The molecular formula is C8H9Br2Mg. The molecule has 0 atom stereocenters. The summed E-state index contributed by atoms with van der Waals surface area (Å²) < 4.78 is 0. The molecule has 0 saturated heterocycles. The summed E-state index contributed by atoms with van der Waals surface area (Å²) in [4.78, 5) is 0. The van der Waals surface area contributed by atoms with Gasteiger partial charge in [0.2, 0.25) is 0 Å². The molecule has 0 unspecified atom stereocenters. The Morgan fingerprint density at radius 1 is 1.27 bits per heavy atom. The van der Waals surface area contributed by atoms with E-state index < -0.39 is 0 Å². The molecule has 1 aromatic carbocycles. The normalized spacial score (nSPS) is 7.64. The molecule has 0 saturated carbocycles. The number of hydrogen-bond acceptors (Lipinski definition) is 0. The predicted molar refractivity (Wildman–Crippen MR) is 58.4 cm³/mol. The van der Waals surface area contributed by atoms with Crippen LogP contribution in [0.3, 0.4) is 0 Å². The minimum absolute atomic E-state index is 0.0417. The van der Waals surface area contributed by atoms with E-state index in [1.54, 1.807) is 0 Å². The van der Waals surface area contributed by atoms with Crippen LogP contribution in [0, 0.1) is 19.9 Å². The van der Waals surface area contributed by atoms with Gasteiger partial charge in [-0.3, -0.25) is 25.8 Å². The number of rotatable bonds is 0. The minimum Gasteiger partial charge on any atom is -0.280 e. The number of hydrogen-bond donors (Lipinski definition) is 0. The summed E-state index contributed by atoms with van der Waals surface area (Å²) in [5.41, 5.74) is 2.48. The van der Waals surface area contributed by atoms with Crippen molar-refractivity contribution in [2.45, 2.75) is 13.8 Å². The van der Waals surface area contributed by atoms with Crippen LogP contribution in [0.15, 0.2) is 18.2 Å². The number of halogens is 2. The molecule has 0 N–H and O–H groups in total. The third kappa shape index (κ3) is 7.31. The molecule has 0 aliphatic carbocycles. The molecule has 11 heavy (non-hydrogen) atoms. The summed E-state index contributed by atoms with van der Waals surface area (Å²) in [6.45, 7) is 4.11. The minimum atomic E-state index is 0.0417. The smallest absolute Gasteiger partial charge is 0.280 e. The molecule has 1 aromatic rings. The molecule has 0 fully saturated rings. The van der Waals surface area contributed by atoms with Crippen LogP contribution in [0.5, 0.6) is 0 Å². The van der Waals surface area contributed by atoms with Crippen molar-refractivity contribution in [3.05, 3.63) is 35.4 Å². The Morgan fingerprint density at radius 3 is 2.09 bits per heavy atom. The van der Waals surface area contributed by atoms with Crippen molar-refractivity contribution in [2.24, 2.45) is 0 Å². The molecule has 3 heteroatoms. The van der Waals surface area contributed by atoms with Gasteiger partial charge in [-0.1, -0.05) is 23.8 Å². The van der Waals surface area contributed by atoms with Gasteiger partial charge < -0.3 is 0 Å². The molecule has 0 bridgehead atoms. The quantitative estimate of drug-likeness (QED) is 0.642. The van der Waals surface area contributed by atoms with Crippen LogP contribution in [0.4, 0.5) is 0 Å². The van der Waals surface area contributed by atoms with Gasteiger partial charge in [-0.2, -0.15) is 0 Å². The Hall–Kier alpha value is 0.946. The van der Waals surface area contributed by atoms with Gasteiger partial charge in [0, 0.05) is 0 Å². The van der Waals surface area contributed by atoms with Crippen molar-refractivity contribution in [1.82, 2.24) is 0 Å². The third-order valence-electron chi connectivity index (χ3n) is 1.12. The zero-order valence-corrected chi connectivity index (χ0v) is 11.3. The average molecular weight is 289 g/mol. The van der Waals surface area contributed by atoms with Crippen molar-refractivity contribution in [2.75, 3.05) is 0 Å². The molecule has 57 valence electrons. The first-order valence-electron chi connectivity index (χ1n) is 3.27. The number of aryl methyl sites for hydroxylation is 2. The van der Waals surface area contributed by atoms with Crippen molar-refractivity contribution < 1.29 is 0 Å². The lowest BCUT2D eigenvalue weighted by Gasteiger charge is -1.89. The van der Waals surface area contributed by atoms with E-state index in [0.29, 0.717) is 0 Å². The lowest BCUT2D eigenvalue weighted by atomic mass is 10.2. The first kappa shape index (κ1) is 11.9. The highest BCUT2D eigenvalue weighted by Gasteiger charge is 1.80. The van der Waals surface area contributed by atoms with Crippen LogP contribution in [0.25, 0.3) is 0 Å². The van der Waals surface area contributed by atoms with Crippen molar-refractivity contribution in [1.29, 1.82) is 0 Å². The Balaban J connectivity index is 0.000000292. The number of benzene rings is 1. The van der Waals surface area contributed by atoms with E-state index in [4.69, 9.17) is 0 Å². The van der Waals surface area contributed by atoms with Gasteiger partial charge >= 0.3 is 16.0 Å². The Bertz CT molecular complexity index is 163. The van der Waals surface area contributed by atoms with Gasteiger partial charge in [-0.25, -0.2) is 0 Å². The van der Waals surface area contributed by atoms with Gasteiger partial charge in [0.25, 0.3) is 0 Å². The summed E-state index contributed by atoms with van der Waals surface area (Å²) in [5.74, 6) is 0. The van der Waals surface area contributed by atoms with E-state index in [0.717, 1.165) is 0 Å². The fourth-order valence-corrected chi connectivity index (χ4v) is 0.580. The van der Waals surface area contributed by atoms with Crippen LogP contribution in [0.1, 0.15) is 11.1 Å². The van der Waals surface area contributed by atoms with E-state index in [1.165, 1.54) is 11.1 Å². The maximum atomic E-state index is 3.20. The van der Waals surface area contributed by atoms with Gasteiger partial charge in [0.05, 0.1) is 0 Å². The van der Waals surface area contributed by atoms with Gasteiger partial charge in [-0.05, 0) is 25.5 Å². The highest BCUT2D eigenvalue weighted by Crippen LogP contribution is 1.98. The van der Waals surface area contributed by atoms with Crippen LogP contribution < -0.4 is 0 Å². The molecule has 1 radical (unpaired) electrons. The molecule has 0 aromatic heterocycles. The summed E-state index contributed by atoms with van der Waals surface area (Å²) in [6, 6.07) is 9.25. The van der Waals surface area contributed by atoms with E-state index in [9.17, 15) is 0 Å². The monoisotopic (exact) mass is 287 g/mol. The summed E-state index contributed by atoms with van der Waals surface area (Å²) in [7, 11) is 0. The van der Waals surface area contributed by atoms with Crippen LogP contribution >= 0.6 is 25.8 Å². The summed E-state index contributed by atoms with van der Waals surface area (Å²) in [6.07, 6.45) is 0. The second kappa shape index (κ2) is 7.59. The molecule has 0 nitrogen and oxygen atoms in total. The summed E-state index contributed by atoms with van der Waals surface area (Å²) >= 11 is 6.44. The zero-order valence-electron chi connectivity index (χ0n) is 6.70. The Labute approximate surface area is 90.2 Å².